The third-order valence-electron chi connectivity index (χ3n) is 4.75. The zero-order valence-electron chi connectivity index (χ0n) is 13.4. The summed E-state index contributed by atoms with van der Waals surface area (Å²) in [6.45, 7) is 5.87. The van der Waals surface area contributed by atoms with E-state index in [2.05, 4.69) is 25.9 Å². The van der Waals surface area contributed by atoms with Crippen LogP contribution in [0, 0.1) is 11.3 Å². The minimum absolute atomic E-state index is 0.365. The molecule has 0 atom stereocenters. The number of hydrogen-bond donors (Lipinski definition) is 2. The average molecular weight is 308 g/mol. The summed E-state index contributed by atoms with van der Waals surface area (Å²) in [7, 11) is 0. The number of aromatic amines is 1. The molecule has 0 aliphatic carbocycles. The van der Waals surface area contributed by atoms with Crippen molar-refractivity contribution in [3.63, 3.8) is 0 Å². The molecule has 1 saturated heterocycles. The van der Waals surface area contributed by atoms with E-state index in [9.17, 15) is 5.26 Å². The number of nitrogens with zero attached hydrogens (tertiary/aromatic N) is 4. The number of piperidine rings is 1. The molecule has 0 aromatic carbocycles. The van der Waals surface area contributed by atoms with Gasteiger partial charge in [-0.1, -0.05) is 0 Å². The van der Waals surface area contributed by atoms with Gasteiger partial charge in [-0.05, 0) is 45.8 Å². The van der Waals surface area contributed by atoms with Gasteiger partial charge in [0, 0.05) is 17.6 Å². The predicted octanol–water partition coefficient (Wildman–Crippen LogP) is 2.64. The fraction of sp³-hybridized carbons (Fsp3) is 0.471. The van der Waals surface area contributed by atoms with Crippen molar-refractivity contribution in [1.82, 2.24) is 24.8 Å². The Balaban J connectivity index is 2.06. The first-order valence-electron chi connectivity index (χ1n) is 8.08. The van der Waals surface area contributed by atoms with Crippen LogP contribution in [0.4, 0.5) is 0 Å². The highest BCUT2D eigenvalue weighted by Gasteiger charge is 2.32. The molecular formula is C17H20N6. The maximum absolute atomic E-state index is 9.63. The lowest BCUT2D eigenvalue weighted by Gasteiger charge is -2.29. The van der Waals surface area contributed by atoms with E-state index < -0.39 is 5.41 Å². The lowest BCUT2D eigenvalue weighted by atomic mass is 9.93. The molecular weight excluding hydrogens is 288 g/mol. The van der Waals surface area contributed by atoms with Crippen molar-refractivity contribution < 1.29 is 0 Å². The fourth-order valence-corrected chi connectivity index (χ4v) is 3.50. The first kappa shape index (κ1) is 14.2. The van der Waals surface area contributed by atoms with E-state index in [-0.39, 0.29) is 0 Å². The predicted molar refractivity (Wildman–Crippen MR) is 89.2 cm³/mol. The lowest BCUT2D eigenvalue weighted by Crippen LogP contribution is -2.32. The number of pyridine rings is 1. The van der Waals surface area contributed by atoms with Gasteiger partial charge in [-0.3, -0.25) is 0 Å². The first-order valence-corrected chi connectivity index (χ1v) is 8.08. The molecule has 6 heteroatoms. The Hall–Kier alpha value is -2.39. The van der Waals surface area contributed by atoms with Crippen molar-refractivity contribution >= 4 is 22.1 Å². The Morgan fingerprint density at radius 3 is 2.87 bits per heavy atom. The summed E-state index contributed by atoms with van der Waals surface area (Å²) in [6, 6.07) is 4.83. The molecule has 0 saturated carbocycles. The van der Waals surface area contributed by atoms with Crippen molar-refractivity contribution in [2.75, 3.05) is 13.1 Å². The summed E-state index contributed by atoms with van der Waals surface area (Å²) in [4.78, 5) is 12.4. The highest BCUT2D eigenvalue weighted by molar-refractivity contribution is 6.01. The maximum Gasteiger partial charge on any atom is 0.139 e. The smallest absolute Gasteiger partial charge is 0.139 e. The molecule has 0 radical (unpaired) electrons. The van der Waals surface area contributed by atoms with Gasteiger partial charge in [-0.25, -0.2) is 9.97 Å². The van der Waals surface area contributed by atoms with Gasteiger partial charge in [0.25, 0.3) is 0 Å². The van der Waals surface area contributed by atoms with Crippen molar-refractivity contribution in [3.05, 3.63) is 24.3 Å². The van der Waals surface area contributed by atoms with Crippen LogP contribution in [-0.4, -0.2) is 32.6 Å². The molecule has 118 valence electrons. The van der Waals surface area contributed by atoms with Crippen molar-refractivity contribution in [2.45, 2.75) is 38.1 Å². The van der Waals surface area contributed by atoms with Crippen LogP contribution in [0.25, 0.3) is 22.1 Å². The summed E-state index contributed by atoms with van der Waals surface area (Å²) >= 11 is 0. The second-order valence-electron chi connectivity index (χ2n) is 6.76. The molecule has 4 heterocycles. The molecule has 6 nitrogen and oxygen atoms in total. The molecule has 3 aromatic heterocycles. The summed E-state index contributed by atoms with van der Waals surface area (Å²) in [5, 5.41) is 14.1. The van der Waals surface area contributed by atoms with Gasteiger partial charge in [0.2, 0.25) is 0 Å². The van der Waals surface area contributed by atoms with Crippen LogP contribution in [0.2, 0.25) is 0 Å². The topological polar surface area (TPSA) is 82.3 Å². The summed E-state index contributed by atoms with van der Waals surface area (Å²) in [6.07, 6.45) is 5.82. The van der Waals surface area contributed by atoms with E-state index >= 15 is 0 Å². The van der Waals surface area contributed by atoms with Gasteiger partial charge >= 0.3 is 0 Å². The van der Waals surface area contributed by atoms with Gasteiger partial charge in [0.05, 0.1) is 17.8 Å². The monoisotopic (exact) mass is 308 g/mol. The average Bonchev–Trinajstić information content (AvgIpc) is 3.19. The highest BCUT2D eigenvalue weighted by atomic mass is 15.1. The SMILES string of the molecule is CC(C)(C#N)c1nc2cnc3[nH]ccc3c2n1C1CCNCC1. The number of hydrogen-bond acceptors (Lipinski definition) is 4. The maximum atomic E-state index is 9.63. The Morgan fingerprint density at radius 1 is 1.35 bits per heavy atom. The summed E-state index contributed by atoms with van der Waals surface area (Å²) in [5.41, 5.74) is 2.20. The van der Waals surface area contributed by atoms with Crippen molar-refractivity contribution in [2.24, 2.45) is 0 Å². The lowest BCUT2D eigenvalue weighted by molar-refractivity contribution is 0.357. The molecule has 1 aliphatic heterocycles. The molecule has 0 amide bonds. The van der Waals surface area contributed by atoms with Gasteiger partial charge in [0.15, 0.2) is 0 Å². The minimum atomic E-state index is -0.632. The Bertz CT molecular complexity index is 904. The number of nitriles is 1. The van der Waals surface area contributed by atoms with Crippen LogP contribution in [0.15, 0.2) is 18.5 Å². The number of rotatable bonds is 2. The molecule has 3 aromatic rings. The third kappa shape index (κ3) is 2.12. The van der Waals surface area contributed by atoms with Crippen LogP contribution in [-0.2, 0) is 5.41 Å². The number of nitrogens with one attached hydrogen (secondary N) is 2. The van der Waals surface area contributed by atoms with E-state index in [1.54, 1.807) is 0 Å². The van der Waals surface area contributed by atoms with Gasteiger partial charge < -0.3 is 14.9 Å². The largest absolute Gasteiger partial charge is 0.346 e. The number of imidazole rings is 1. The molecule has 0 unspecified atom stereocenters. The minimum Gasteiger partial charge on any atom is -0.346 e. The van der Waals surface area contributed by atoms with Crippen LogP contribution in [0.5, 0.6) is 0 Å². The van der Waals surface area contributed by atoms with Gasteiger partial charge in [-0.15, -0.1) is 0 Å². The number of aromatic nitrogens is 4. The molecule has 2 N–H and O–H groups in total. The Labute approximate surface area is 134 Å². The van der Waals surface area contributed by atoms with Crippen LogP contribution in [0.1, 0.15) is 38.6 Å². The van der Waals surface area contributed by atoms with Gasteiger partial charge in [0.1, 0.15) is 22.4 Å². The number of fused-ring (bicyclic) bond motifs is 3. The van der Waals surface area contributed by atoms with Crippen LogP contribution in [0.3, 0.4) is 0 Å². The molecule has 0 bridgehead atoms. The first-order chi connectivity index (χ1) is 11.1. The van der Waals surface area contributed by atoms with Gasteiger partial charge in [-0.2, -0.15) is 5.26 Å². The van der Waals surface area contributed by atoms with E-state index in [1.165, 1.54) is 0 Å². The third-order valence-corrected chi connectivity index (χ3v) is 4.75. The zero-order chi connectivity index (χ0) is 16.0. The van der Waals surface area contributed by atoms with E-state index in [1.807, 2.05) is 32.3 Å². The van der Waals surface area contributed by atoms with E-state index in [4.69, 9.17) is 4.98 Å². The second kappa shape index (κ2) is 5.07. The molecule has 0 spiro atoms. The molecule has 1 aliphatic rings. The normalized spacial score (nSPS) is 16.9. The summed E-state index contributed by atoms with van der Waals surface area (Å²) in [5.74, 6) is 0.845. The van der Waals surface area contributed by atoms with Crippen LogP contribution >= 0.6 is 0 Å². The quantitative estimate of drug-likeness (QED) is 0.762. The zero-order valence-corrected chi connectivity index (χ0v) is 13.4. The fourth-order valence-electron chi connectivity index (χ4n) is 3.50. The Morgan fingerprint density at radius 2 is 2.13 bits per heavy atom. The molecule has 4 rings (SSSR count). The van der Waals surface area contributed by atoms with Crippen molar-refractivity contribution in [3.8, 4) is 6.07 Å². The molecule has 23 heavy (non-hydrogen) atoms. The highest BCUT2D eigenvalue weighted by Crippen LogP contribution is 2.35. The number of H-pyrrole nitrogens is 1. The van der Waals surface area contributed by atoms with E-state index in [0.29, 0.717) is 6.04 Å². The standard InChI is InChI=1S/C17H20N6/c1-17(2,10-18)16-22-13-9-21-15-12(5-8-20-15)14(13)23(16)11-3-6-19-7-4-11/h5,8-9,11,19H,3-4,6-7H2,1-2H3,(H,20,21). The molecule has 1 fully saturated rings. The van der Waals surface area contributed by atoms with Crippen molar-refractivity contribution in [1.29, 1.82) is 5.26 Å². The van der Waals surface area contributed by atoms with Crippen LogP contribution < -0.4 is 5.32 Å². The van der Waals surface area contributed by atoms with E-state index in [0.717, 1.165) is 53.8 Å². The summed E-state index contributed by atoms with van der Waals surface area (Å²) < 4.78 is 2.30. The Kier molecular flexibility index (Phi) is 3.13. The second-order valence-corrected chi connectivity index (χ2v) is 6.76.